The Balaban J connectivity index is 4.82. The molecule has 0 aliphatic heterocycles. The maximum Gasteiger partial charge on any atom is 0.102 e. The van der Waals surface area contributed by atoms with Gasteiger partial charge in [-0.3, -0.25) is 15.1 Å². The zero-order valence-corrected chi connectivity index (χ0v) is 13.4. The van der Waals surface area contributed by atoms with E-state index in [-0.39, 0.29) is 5.41 Å². The van der Waals surface area contributed by atoms with E-state index in [1.807, 2.05) is 0 Å². The van der Waals surface area contributed by atoms with Crippen molar-refractivity contribution in [2.24, 2.45) is 0 Å². The van der Waals surface area contributed by atoms with Crippen molar-refractivity contribution in [3.8, 4) is 0 Å². The summed E-state index contributed by atoms with van der Waals surface area (Å²) >= 11 is 0. The summed E-state index contributed by atoms with van der Waals surface area (Å²) < 4.78 is 0. The van der Waals surface area contributed by atoms with Gasteiger partial charge in [-0.05, 0) is 32.7 Å². The van der Waals surface area contributed by atoms with Gasteiger partial charge in [0, 0.05) is 0 Å². The van der Waals surface area contributed by atoms with E-state index in [2.05, 4.69) is 49.7 Å². The Morgan fingerprint density at radius 3 is 1.40 bits per heavy atom. The molecule has 0 fully saturated rings. The van der Waals surface area contributed by atoms with Gasteiger partial charge in [-0.1, -0.05) is 34.6 Å². The van der Waals surface area contributed by atoms with Crippen LogP contribution in [0.4, 0.5) is 0 Å². The highest BCUT2D eigenvalue weighted by molar-refractivity contribution is 6.14. The molecule has 0 saturated carbocycles. The minimum Gasteiger partial charge on any atom is -0.291 e. The molecule has 4 heteroatoms. The third-order valence-corrected chi connectivity index (χ3v) is 4.89. The third kappa shape index (κ3) is 3.55. The molecule has 1 N–H and O–H groups in total. The Kier molecular flexibility index (Phi) is 7.43. The summed E-state index contributed by atoms with van der Waals surface area (Å²) in [5, 5.41) is 3.68. The fourth-order valence-corrected chi connectivity index (χ4v) is 4.06. The summed E-state index contributed by atoms with van der Waals surface area (Å²) in [4.78, 5) is 5.07. The van der Waals surface area contributed by atoms with Crippen LogP contribution in [0.2, 0.25) is 0 Å². The second kappa shape index (κ2) is 7.38. The largest absolute Gasteiger partial charge is 0.291 e. The van der Waals surface area contributed by atoms with Gasteiger partial charge in [0.1, 0.15) is 5.41 Å². The van der Waals surface area contributed by atoms with Crippen LogP contribution in [0, 0.1) is 0 Å². The molecule has 3 nitrogen and oxygen atoms in total. The van der Waals surface area contributed by atoms with Crippen LogP contribution in [0.25, 0.3) is 0 Å². The van der Waals surface area contributed by atoms with Crippen molar-refractivity contribution in [2.75, 3.05) is 32.7 Å². The molecule has 0 radical (unpaired) electrons. The van der Waals surface area contributed by atoms with Crippen LogP contribution in [0.5, 0.6) is 0 Å². The summed E-state index contributed by atoms with van der Waals surface area (Å²) in [7, 11) is 1.12. The maximum atomic E-state index is 3.68. The predicted molar refractivity (Wildman–Crippen MR) is 72.2 cm³/mol. The number of nitrogens with one attached hydrogen (secondary N) is 1. The number of nitrogens with zero attached hydrogens (tertiary/aromatic N) is 2. The van der Waals surface area contributed by atoms with E-state index in [9.17, 15) is 0 Å². The molecule has 0 aliphatic rings. The summed E-state index contributed by atoms with van der Waals surface area (Å²) in [6, 6.07) is 0. The van der Waals surface area contributed by atoms with Crippen LogP contribution in [0.1, 0.15) is 34.6 Å². The van der Waals surface area contributed by atoms with Gasteiger partial charge >= 0.3 is 0 Å². The van der Waals surface area contributed by atoms with Gasteiger partial charge in [-0.25, -0.2) is 0 Å². The lowest BCUT2D eigenvalue weighted by atomic mass is 10.4. The van der Waals surface area contributed by atoms with E-state index in [1.54, 1.807) is 0 Å². The molecule has 0 rings (SSSR count). The summed E-state index contributed by atoms with van der Waals surface area (Å²) in [5.41, 5.74) is 0.141. The van der Waals surface area contributed by atoms with Crippen molar-refractivity contribution in [1.29, 1.82) is 0 Å². The quantitative estimate of drug-likeness (QED) is 0.477. The normalized spacial score (nSPS) is 13.0. The summed E-state index contributed by atoms with van der Waals surface area (Å²) in [6.45, 7) is 16.7. The highest BCUT2D eigenvalue weighted by Crippen LogP contribution is 2.13. The Bertz CT molecular complexity index is 144. The molecule has 0 aromatic heterocycles. The van der Waals surface area contributed by atoms with Crippen molar-refractivity contribution in [2.45, 2.75) is 40.0 Å². The molecule has 0 unspecified atom stereocenters. The number of rotatable bonds is 8. The average Bonchev–Trinajstić information content (AvgIpc) is 2.21. The molecule has 92 valence electrons. The van der Waals surface area contributed by atoms with Crippen LogP contribution in [0.3, 0.4) is 0 Å². The van der Waals surface area contributed by atoms with E-state index in [0.717, 1.165) is 43.0 Å². The molecule has 0 amide bonds. The minimum atomic E-state index is 0.141. The van der Waals surface area contributed by atoms with E-state index in [0.29, 0.717) is 0 Å². The molecule has 15 heavy (non-hydrogen) atoms. The fourth-order valence-electron chi connectivity index (χ4n) is 2.44. The highest BCUT2D eigenvalue weighted by Gasteiger charge is 2.33. The molecule has 0 aromatic carbocycles. The molecule has 0 spiro atoms. The Labute approximate surface area is 98.6 Å². The predicted octanol–water partition coefficient (Wildman–Crippen LogP) is 0.256. The monoisotopic (exact) mass is 231 g/mol. The molecule has 0 atom stereocenters. The van der Waals surface area contributed by atoms with Crippen LogP contribution >= 0.6 is 0 Å². The standard InChI is InChI=1S/C11H29N3Si/c1-6-12-11(15,13(7-2)8-3)14(9-4)10-5/h12H,6-10H2,1-5,15H3. The van der Waals surface area contributed by atoms with Crippen LogP contribution in [0.15, 0.2) is 0 Å². The van der Waals surface area contributed by atoms with Gasteiger partial charge in [0.2, 0.25) is 0 Å². The number of hydrogen-bond acceptors (Lipinski definition) is 3. The van der Waals surface area contributed by atoms with Gasteiger partial charge in [0.05, 0.1) is 10.2 Å². The van der Waals surface area contributed by atoms with Gasteiger partial charge < -0.3 is 0 Å². The van der Waals surface area contributed by atoms with Crippen molar-refractivity contribution in [3.05, 3.63) is 0 Å². The van der Waals surface area contributed by atoms with Crippen molar-refractivity contribution < 1.29 is 0 Å². The SMILES string of the molecule is CCNC([SiH3])(N(CC)CC)N(CC)CC. The topological polar surface area (TPSA) is 18.5 Å². The number of hydrogen-bond donors (Lipinski definition) is 1. The Morgan fingerprint density at radius 1 is 0.867 bits per heavy atom. The summed E-state index contributed by atoms with van der Waals surface area (Å²) in [5.74, 6) is 0. The molecule has 0 aliphatic carbocycles. The first-order valence-corrected chi connectivity index (χ1v) is 7.35. The van der Waals surface area contributed by atoms with Gasteiger partial charge in [0.25, 0.3) is 0 Å². The first-order valence-electron chi connectivity index (χ1n) is 6.35. The van der Waals surface area contributed by atoms with Crippen molar-refractivity contribution in [1.82, 2.24) is 15.1 Å². The van der Waals surface area contributed by atoms with Crippen LogP contribution < -0.4 is 5.32 Å². The third-order valence-electron chi connectivity index (χ3n) is 3.27. The fraction of sp³-hybridized carbons (Fsp3) is 1.00. The molecule has 0 aromatic rings. The lowest BCUT2D eigenvalue weighted by molar-refractivity contribution is -0.00719. The van der Waals surface area contributed by atoms with Crippen molar-refractivity contribution in [3.63, 3.8) is 0 Å². The minimum absolute atomic E-state index is 0.141. The molecule has 0 bridgehead atoms. The smallest absolute Gasteiger partial charge is 0.102 e. The van der Waals surface area contributed by atoms with Crippen LogP contribution in [-0.4, -0.2) is 58.2 Å². The van der Waals surface area contributed by atoms with Gasteiger partial charge in [-0.2, -0.15) is 0 Å². The second-order valence-corrected chi connectivity index (χ2v) is 5.29. The summed E-state index contributed by atoms with van der Waals surface area (Å²) in [6.07, 6.45) is 0. The lowest BCUT2D eigenvalue weighted by Crippen LogP contribution is -2.69. The van der Waals surface area contributed by atoms with Crippen LogP contribution in [-0.2, 0) is 0 Å². The zero-order chi connectivity index (χ0) is 11.9. The molecule has 0 saturated heterocycles. The Morgan fingerprint density at radius 2 is 1.20 bits per heavy atom. The first kappa shape index (κ1) is 15.1. The highest BCUT2D eigenvalue weighted by atomic mass is 28.1. The van der Waals surface area contributed by atoms with Crippen molar-refractivity contribution >= 4 is 10.2 Å². The van der Waals surface area contributed by atoms with Gasteiger partial charge in [0.15, 0.2) is 0 Å². The molecule has 0 heterocycles. The van der Waals surface area contributed by atoms with E-state index in [1.165, 1.54) is 0 Å². The molecular formula is C11H29N3Si. The average molecular weight is 231 g/mol. The maximum absolute atomic E-state index is 3.68. The lowest BCUT2D eigenvalue weighted by Gasteiger charge is -2.48. The van der Waals surface area contributed by atoms with E-state index in [4.69, 9.17) is 0 Å². The molecular weight excluding hydrogens is 202 g/mol. The van der Waals surface area contributed by atoms with E-state index < -0.39 is 0 Å². The zero-order valence-electron chi connectivity index (χ0n) is 11.4. The van der Waals surface area contributed by atoms with Gasteiger partial charge in [-0.15, -0.1) is 0 Å². The second-order valence-electron chi connectivity index (χ2n) is 3.90. The first-order chi connectivity index (χ1) is 7.10. The van der Waals surface area contributed by atoms with E-state index >= 15 is 0 Å². The Hall–Kier alpha value is 0.0969.